The van der Waals surface area contributed by atoms with Crippen LogP contribution in [0.3, 0.4) is 0 Å². The molecule has 1 N–H and O–H groups in total. The lowest BCUT2D eigenvalue weighted by Crippen LogP contribution is -2.49. The van der Waals surface area contributed by atoms with Gasteiger partial charge in [-0.2, -0.15) is 0 Å². The van der Waals surface area contributed by atoms with Crippen molar-refractivity contribution < 1.29 is 14.3 Å². The summed E-state index contributed by atoms with van der Waals surface area (Å²) in [6.45, 7) is 0.694. The summed E-state index contributed by atoms with van der Waals surface area (Å²) in [5.41, 5.74) is 1.37. The van der Waals surface area contributed by atoms with Crippen LogP contribution >= 0.6 is 0 Å². The Hall–Kier alpha value is -2.04. The number of ether oxygens (including phenoxy) is 1. The predicted octanol–water partition coefficient (Wildman–Crippen LogP) is 2.21. The fraction of sp³-hybridized carbons (Fsp3) is 0.556. The molecule has 2 amide bonds. The van der Waals surface area contributed by atoms with Crippen LogP contribution in [0.2, 0.25) is 0 Å². The molecule has 5 nitrogen and oxygen atoms in total. The molecule has 124 valence electrons. The molecule has 0 bridgehead atoms. The van der Waals surface area contributed by atoms with E-state index in [1.54, 1.807) is 0 Å². The molecule has 1 aliphatic carbocycles. The number of hydrogen-bond acceptors (Lipinski definition) is 3. The number of nitrogens with zero attached hydrogens (tertiary/aromatic N) is 1. The van der Waals surface area contributed by atoms with Gasteiger partial charge in [-0.15, -0.1) is 0 Å². The van der Waals surface area contributed by atoms with Gasteiger partial charge in [0.1, 0.15) is 0 Å². The summed E-state index contributed by atoms with van der Waals surface area (Å²) in [5, 5.41) is 2.64. The number of benzene rings is 1. The van der Waals surface area contributed by atoms with E-state index in [-0.39, 0.29) is 11.8 Å². The van der Waals surface area contributed by atoms with E-state index in [0.717, 1.165) is 19.3 Å². The first-order valence-electron chi connectivity index (χ1n) is 8.34. The van der Waals surface area contributed by atoms with Crippen molar-refractivity contribution in [2.75, 3.05) is 20.2 Å². The normalized spacial score (nSPS) is 27.2. The minimum atomic E-state index is -0.422. The van der Waals surface area contributed by atoms with Crippen LogP contribution in [0.15, 0.2) is 30.3 Å². The molecule has 0 unspecified atom stereocenters. The second-order valence-corrected chi connectivity index (χ2v) is 6.63. The van der Waals surface area contributed by atoms with Gasteiger partial charge in [0.15, 0.2) is 0 Å². The van der Waals surface area contributed by atoms with Gasteiger partial charge < -0.3 is 15.0 Å². The van der Waals surface area contributed by atoms with Gasteiger partial charge in [-0.25, -0.2) is 4.79 Å². The maximum atomic E-state index is 12.6. The van der Waals surface area contributed by atoms with E-state index in [4.69, 9.17) is 4.74 Å². The first-order valence-corrected chi connectivity index (χ1v) is 8.34. The van der Waals surface area contributed by atoms with Crippen LogP contribution in [0.25, 0.3) is 0 Å². The first-order chi connectivity index (χ1) is 11.1. The summed E-state index contributed by atoms with van der Waals surface area (Å²) in [6.07, 6.45) is 3.39. The van der Waals surface area contributed by atoms with Crippen LogP contribution in [0.1, 0.15) is 24.8 Å². The topological polar surface area (TPSA) is 58.6 Å². The second-order valence-electron chi connectivity index (χ2n) is 6.63. The van der Waals surface area contributed by atoms with E-state index in [2.05, 4.69) is 29.6 Å². The number of cyclic esters (lactones) is 1. The SMILES string of the molecule is CN(C(=O)[C@@H]1CCOC(=O)NC1)[C@H]1C[C@H](Cc2ccccc2)C1. The summed E-state index contributed by atoms with van der Waals surface area (Å²) >= 11 is 0. The van der Waals surface area contributed by atoms with Gasteiger partial charge in [0.25, 0.3) is 0 Å². The van der Waals surface area contributed by atoms with Crippen LogP contribution < -0.4 is 5.32 Å². The van der Waals surface area contributed by atoms with Crippen LogP contribution in [0, 0.1) is 11.8 Å². The van der Waals surface area contributed by atoms with Crippen molar-refractivity contribution in [3.8, 4) is 0 Å². The summed E-state index contributed by atoms with van der Waals surface area (Å²) in [6, 6.07) is 10.8. The Morgan fingerprint density at radius 2 is 2.04 bits per heavy atom. The fourth-order valence-electron chi connectivity index (χ4n) is 3.46. The van der Waals surface area contributed by atoms with Gasteiger partial charge in [0, 0.05) is 19.6 Å². The number of carbonyl (C=O) groups excluding carboxylic acids is 2. The second kappa shape index (κ2) is 7.02. The Bertz CT molecular complexity index is 555. The Kier molecular flexibility index (Phi) is 4.84. The number of nitrogens with one attached hydrogen (secondary N) is 1. The Morgan fingerprint density at radius 1 is 1.30 bits per heavy atom. The van der Waals surface area contributed by atoms with Crippen LogP contribution in [0.4, 0.5) is 4.79 Å². The third kappa shape index (κ3) is 3.84. The zero-order valence-corrected chi connectivity index (χ0v) is 13.5. The Labute approximate surface area is 137 Å². The Balaban J connectivity index is 1.47. The minimum absolute atomic E-state index is 0.124. The van der Waals surface area contributed by atoms with Crippen molar-refractivity contribution >= 4 is 12.0 Å². The van der Waals surface area contributed by atoms with Gasteiger partial charge in [-0.05, 0) is 37.2 Å². The standard InChI is InChI=1S/C18H24N2O3/c1-20(17(21)15-7-8-23-18(22)19-12-15)16-10-14(11-16)9-13-5-3-2-4-6-13/h2-6,14-16H,7-12H2,1H3,(H,19,22)/t14-,15-,16-/m1/s1. The monoisotopic (exact) mass is 316 g/mol. The number of amides is 2. The summed E-state index contributed by atoms with van der Waals surface area (Å²) in [5.74, 6) is 0.619. The molecule has 2 aliphatic rings. The molecule has 0 radical (unpaired) electrons. The minimum Gasteiger partial charge on any atom is -0.450 e. The van der Waals surface area contributed by atoms with Gasteiger partial charge in [-0.3, -0.25) is 4.79 Å². The molecule has 23 heavy (non-hydrogen) atoms. The van der Waals surface area contributed by atoms with E-state index in [9.17, 15) is 9.59 Å². The highest BCUT2D eigenvalue weighted by atomic mass is 16.5. The lowest BCUT2D eigenvalue weighted by Gasteiger charge is -2.42. The van der Waals surface area contributed by atoms with Gasteiger partial charge >= 0.3 is 6.09 Å². The fourth-order valence-corrected chi connectivity index (χ4v) is 3.46. The van der Waals surface area contributed by atoms with Crippen molar-refractivity contribution in [2.24, 2.45) is 11.8 Å². The van der Waals surface area contributed by atoms with E-state index in [1.807, 2.05) is 18.0 Å². The van der Waals surface area contributed by atoms with E-state index >= 15 is 0 Å². The molecular formula is C18H24N2O3. The molecule has 1 aromatic carbocycles. The highest BCUT2D eigenvalue weighted by Crippen LogP contribution is 2.34. The lowest BCUT2D eigenvalue weighted by atomic mass is 9.75. The molecule has 5 heteroatoms. The highest BCUT2D eigenvalue weighted by Gasteiger charge is 2.36. The van der Waals surface area contributed by atoms with Crippen molar-refractivity contribution in [3.05, 3.63) is 35.9 Å². The van der Waals surface area contributed by atoms with Crippen LogP contribution in [-0.4, -0.2) is 43.1 Å². The van der Waals surface area contributed by atoms with Crippen molar-refractivity contribution in [2.45, 2.75) is 31.7 Å². The summed E-state index contributed by atoms with van der Waals surface area (Å²) < 4.78 is 4.93. The average Bonchev–Trinajstić information content (AvgIpc) is 2.75. The lowest BCUT2D eigenvalue weighted by molar-refractivity contribution is -0.139. The molecule has 1 aliphatic heterocycles. The molecule has 1 saturated heterocycles. The van der Waals surface area contributed by atoms with E-state index in [1.165, 1.54) is 5.56 Å². The molecule has 1 aromatic rings. The largest absolute Gasteiger partial charge is 0.450 e. The van der Waals surface area contributed by atoms with E-state index < -0.39 is 6.09 Å². The third-order valence-electron chi connectivity index (χ3n) is 5.01. The number of hydrogen-bond donors (Lipinski definition) is 1. The number of carbonyl (C=O) groups is 2. The third-order valence-corrected chi connectivity index (χ3v) is 5.01. The van der Waals surface area contributed by atoms with Gasteiger partial charge in [0.2, 0.25) is 5.91 Å². The predicted molar refractivity (Wildman–Crippen MR) is 86.9 cm³/mol. The van der Waals surface area contributed by atoms with Gasteiger partial charge in [-0.1, -0.05) is 30.3 Å². The molecular weight excluding hydrogens is 292 g/mol. The van der Waals surface area contributed by atoms with Crippen molar-refractivity contribution in [1.82, 2.24) is 10.2 Å². The van der Waals surface area contributed by atoms with E-state index in [0.29, 0.717) is 31.5 Å². The maximum Gasteiger partial charge on any atom is 0.407 e. The first kappa shape index (κ1) is 15.8. The van der Waals surface area contributed by atoms with Gasteiger partial charge in [0.05, 0.1) is 12.5 Å². The molecule has 1 saturated carbocycles. The highest BCUT2D eigenvalue weighted by molar-refractivity contribution is 5.80. The Morgan fingerprint density at radius 3 is 2.78 bits per heavy atom. The number of rotatable bonds is 4. The molecule has 0 aromatic heterocycles. The smallest absolute Gasteiger partial charge is 0.407 e. The molecule has 1 heterocycles. The maximum absolute atomic E-state index is 12.6. The molecule has 1 atom stereocenters. The molecule has 2 fully saturated rings. The zero-order chi connectivity index (χ0) is 16.2. The van der Waals surface area contributed by atoms with Crippen LogP contribution in [-0.2, 0) is 16.0 Å². The summed E-state index contributed by atoms with van der Waals surface area (Å²) in [7, 11) is 1.89. The van der Waals surface area contributed by atoms with Crippen LogP contribution in [0.5, 0.6) is 0 Å². The average molecular weight is 316 g/mol. The summed E-state index contributed by atoms with van der Waals surface area (Å²) in [4.78, 5) is 25.6. The molecule has 3 rings (SSSR count). The number of alkyl carbamates (subject to hydrolysis) is 1. The van der Waals surface area contributed by atoms with Crippen molar-refractivity contribution in [1.29, 1.82) is 0 Å². The zero-order valence-electron chi connectivity index (χ0n) is 13.5. The quantitative estimate of drug-likeness (QED) is 0.926. The molecule has 0 spiro atoms. The van der Waals surface area contributed by atoms with Crippen molar-refractivity contribution in [3.63, 3.8) is 0 Å².